The molecule has 0 aliphatic carbocycles. The summed E-state index contributed by atoms with van der Waals surface area (Å²) in [5.41, 5.74) is 0.994. The first-order valence-electron chi connectivity index (χ1n) is 8.53. The minimum Gasteiger partial charge on any atom is -0.443 e. The first-order valence-corrected chi connectivity index (χ1v) is 9.33. The van der Waals surface area contributed by atoms with Crippen LogP contribution in [0.5, 0.6) is 0 Å². The van der Waals surface area contributed by atoms with Crippen LogP contribution in [0.2, 0.25) is 0 Å². The lowest BCUT2D eigenvalue weighted by Gasteiger charge is -2.26. The Morgan fingerprint density at radius 2 is 1.73 bits per heavy atom. The van der Waals surface area contributed by atoms with Gasteiger partial charge >= 0.3 is 6.09 Å². The number of rotatable bonds is 2. The predicted octanol–water partition coefficient (Wildman–Crippen LogP) is 5.23. The molecule has 0 aromatic heterocycles. The van der Waals surface area contributed by atoms with Crippen molar-refractivity contribution >= 4 is 33.6 Å². The van der Waals surface area contributed by atoms with E-state index in [1.807, 2.05) is 49.4 Å². The summed E-state index contributed by atoms with van der Waals surface area (Å²) >= 11 is 3.43. The number of fused-ring (bicyclic) bond motifs is 1. The summed E-state index contributed by atoms with van der Waals surface area (Å²) in [6.45, 7) is 7.26. The van der Waals surface area contributed by atoms with Gasteiger partial charge in [0.25, 0.3) is 0 Å². The number of hydrogen-bond donors (Lipinski definition) is 0. The number of carbonyl (C=O) groups is 2. The summed E-state index contributed by atoms with van der Waals surface area (Å²) in [6, 6.07) is 15.3. The third-order valence-corrected chi connectivity index (χ3v) is 4.99. The van der Waals surface area contributed by atoms with Gasteiger partial charge in [-0.05, 0) is 63.4 Å². The number of anilines is 1. The van der Waals surface area contributed by atoms with Crippen LogP contribution in [0.3, 0.4) is 0 Å². The molecule has 0 N–H and O–H groups in total. The topological polar surface area (TPSA) is 46.6 Å². The van der Waals surface area contributed by atoms with Crippen molar-refractivity contribution in [2.75, 3.05) is 4.90 Å². The fourth-order valence-electron chi connectivity index (χ4n) is 3.28. The van der Waals surface area contributed by atoms with Gasteiger partial charge in [0.1, 0.15) is 5.60 Å². The number of hydrogen-bond acceptors (Lipinski definition) is 3. The van der Waals surface area contributed by atoms with Gasteiger partial charge in [-0.15, -0.1) is 0 Å². The molecule has 2 aromatic carbocycles. The number of amides is 2. The lowest BCUT2D eigenvalue weighted by molar-refractivity contribution is -0.122. The number of imide groups is 1. The summed E-state index contributed by atoms with van der Waals surface area (Å²) in [5, 5.41) is 0. The Kier molecular flexibility index (Phi) is 4.69. The third kappa shape index (κ3) is 3.40. The zero-order valence-electron chi connectivity index (χ0n) is 15.4. The molecule has 2 amide bonds. The van der Waals surface area contributed by atoms with Crippen LogP contribution in [0, 0.1) is 0 Å². The molecule has 1 atom stereocenters. The number of benzene rings is 2. The number of carbonyl (C=O) groups excluding carboxylic acids is 2. The van der Waals surface area contributed by atoms with Gasteiger partial charge in [-0.2, -0.15) is 0 Å². The molecule has 0 fully saturated rings. The SMILES string of the molecule is CC(C)(C)OC(=O)N1C(=O)[C@](C)(Cc2ccc(Br)cc2)c2ccccc21. The lowest BCUT2D eigenvalue weighted by Crippen LogP contribution is -2.45. The van der Waals surface area contributed by atoms with Crippen molar-refractivity contribution < 1.29 is 14.3 Å². The quantitative estimate of drug-likeness (QED) is 0.674. The van der Waals surface area contributed by atoms with Crippen molar-refractivity contribution in [2.45, 2.75) is 45.1 Å². The molecule has 1 heterocycles. The molecule has 0 spiro atoms. The van der Waals surface area contributed by atoms with Crippen molar-refractivity contribution in [1.29, 1.82) is 0 Å². The highest BCUT2D eigenvalue weighted by Gasteiger charge is 2.50. The van der Waals surface area contributed by atoms with E-state index >= 15 is 0 Å². The maximum atomic E-state index is 13.3. The molecule has 1 aliphatic rings. The Balaban J connectivity index is 2.01. The smallest absolute Gasteiger partial charge is 0.421 e. The lowest BCUT2D eigenvalue weighted by atomic mass is 9.78. The van der Waals surface area contributed by atoms with Crippen LogP contribution in [0.15, 0.2) is 53.0 Å². The van der Waals surface area contributed by atoms with Crippen LogP contribution in [-0.2, 0) is 21.4 Å². The van der Waals surface area contributed by atoms with Gasteiger partial charge in [0.05, 0.1) is 11.1 Å². The van der Waals surface area contributed by atoms with E-state index in [1.165, 1.54) is 4.90 Å². The standard InChI is InChI=1S/C21H22BrNO3/c1-20(2,3)26-19(25)23-17-8-6-5-7-16(17)21(4,18(23)24)13-14-9-11-15(22)12-10-14/h5-12H,13H2,1-4H3/t21-/m1/s1. The Bertz CT molecular complexity index is 854. The normalized spacial score (nSPS) is 19.4. The highest BCUT2D eigenvalue weighted by atomic mass is 79.9. The van der Waals surface area contributed by atoms with Gasteiger partial charge in [-0.1, -0.05) is 46.3 Å². The van der Waals surface area contributed by atoms with Gasteiger partial charge < -0.3 is 4.74 Å². The average molecular weight is 416 g/mol. The largest absolute Gasteiger partial charge is 0.443 e. The van der Waals surface area contributed by atoms with Crippen LogP contribution in [-0.4, -0.2) is 17.6 Å². The van der Waals surface area contributed by atoms with Crippen LogP contribution in [0.25, 0.3) is 0 Å². The molecule has 136 valence electrons. The number of ether oxygens (including phenoxy) is 1. The number of para-hydroxylation sites is 1. The molecule has 0 unspecified atom stereocenters. The maximum absolute atomic E-state index is 13.3. The first-order chi connectivity index (χ1) is 12.1. The predicted molar refractivity (Wildman–Crippen MR) is 105 cm³/mol. The van der Waals surface area contributed by atoms with Crippen LogP contribution < -0.4 is 4.90 Å². The highest BCUT2D eigenvalue weighted by Crippen LogP contribution is 2.44. The molecule has 0 radical (unpaired) electrons. The Morgan fingerprint density at radius 1 is 1.12 bits per heavy atom. The van der Waals surface area contributed by atoms with Gasteiger partial charge in [0.15, 0.2) is 0 Å². The molecule has 3 rings (SSSR count). The van der Waals surface area contributed by atoms with Gasteiger partial charge in [0, 0.05) is 4.47 Å². The molecular formula is C21H22BrNO3. The number of nitrogens with zero attached hydrogens (tertiary/aromatic N) is 1. The van der Waals surface area contributed by atoms with Crippen molar-refractivity contribution in [1.82, 2.24) is 0 Å². The van der Waals surface area contributed by atoms with E-state index in [-0.39, 0.29) is 5.91 Å². The van der Waals surface area contributed by atoms with E-state index in [0.717, 1.165) is 15.6 Å². The fraction of sp³-hybridized carbons (Fsp3) is 0.333. The molecule has 4 nitrogen and oxygen atoms in total. The van der Waals surface area contributed by atoms with Crippen molar-refractivity contribution in [3.63, 3.8) is 0 Å². The van der Waals surface area contributed by atoms with Crippen molar-refractivity contribution in [3.05, 3.63) is 64.1 Å². The van der Waals surface area contributed by atoms with E-state index in [4.69, 9.17) is 4.74 Å². The molecule has 0 saturated heterocycles. The first kappa shape index (κ1) is 18.6. The van der Waals surface area contributed by atoms with E-state index in [0.29, 0.717) is 12.1 Å². The number of halogens is 1. The maximum Gasteiger partial charge on any atom is 0.421 e. The second kappa shape index (κ2) is 6.54. The summed E-state index contributed by atoms with van der Waals surface area (Å²) in [6.07, 6.45) is -0.121. The zero-order valence-corrected chi connectivity index (χ0v) is 17.0. The molecule has 0 bridgehead atoms. The van der Waals surface area contributed by atoms with Gasteiger partial charge in [0.2, 0.25) is 5.91 Å². The summed E-state index contributed by atoms with van der Waals surface area (Å²) in [5.74, 6) is -0.254. The van der Waals surface area contributed by atoms with Gasteiger partial charge in [-0.3, -0.25) is 4.79 Å². The minimum absolute atomic E-state index is 0.254. The molecule has 2 aromatic rings. The average Bonchev–Trinajstić information content (AvgIpc) is 2.77. The van der Waals surface area contributed by atoms with Crippen LogP contribution in [0.1, 0.15) is 38.8 Å². The highest BCUT2D eigenvalue weighted by molar-refractivity contribution is 9.10. The molecule has 26 heavy (non-hydrogen) atoms. The van der Waals surface area contributed by atoms with Crippen molar-refractivity contribution in [3.8, 4) is 0 Å². The van der Waals surface area contributed by atoms with Crippen LogP contribution >= 0.6 is 15.9 Å². The van der Waals surface area contributed by atoms with Crippen molar-refractivity contribution in [2.24, 2.45) is 0 Å². The Hall–Kier alpha value is -2.14. The zero-order chi connectivity index (χ0) is 19.1. The minimum atomic E-state index is -0.818. The molecular weight excluding hydrogens is 394 g/mol. The second-order valence-electron chi connectivity index (χ2n) is 7.77. The molecule has 1 aliphatic heterocycles. The second-order valence-corrected chi connectivity index (χ2v) is 8.69. The monoisotopic (exact) mass is 415 g/mol. The summed E-state index contributed by atoms with van der Waals surface area (Å²) in [4.78, 5) is 27.2. The summed E-state index contributed by atoms with van der Waals surface area (Å²) in [7, 11) is 0. The van der Waals surface area contributed by atoms with E-state index in [9.17, 15) is 9.59 Å². The molecule has 5 heteroatoms. The van der Waals surface area contributed by atoms with E-state index in [1.54, 1.807) is 26.8 Å². The fourth-order valence-corrected chi connectivity index (χ4v) is 3.54. The third-order valence-electron chi connectivity index (χ3n) is 4.46. The van der Waals surface area contributed by atoms with E-state index in [2.05, 4.69) is 15.9 Å². The van der Waals surface area contributed by atoms with Gasteiger partial charge in [-0.25, -0.2) is 9.69 Å². The van der Waals surface area contributed by atoms with Crippen LogP contribution in [0.4, 0.5) is 10.5 Å². The Labute approximate surface area is 162 Å². The van der Waals surface area contributed by atoms with E-state index < -0.39 is 17.1 Å². The summed E-state index contributed by atoms with van der Waals surface area (Å²) < 4.78 is 6.45. The molecule has 0 saturated carbocycles. The Morgan fingerprint density at radius 3 is 2.35 bits per heavy atom.